The molecule has 3 aromatic carbocycles. The van der Waals surface area contributed by atoms with Crippen molar-refractivity contribution >= 4 is 40.6 Å². The van der Waals surface area contributed by atoms with Crippen molar-refractivity contribution < 1.29 is 14.2 Å². The lowest BCUT2D eigenvalue weighted by atomic mass is 9.94. The number of aryl methyl sites for hydroxylation is 1. The van der Waals surface area contributed by atoms with Gasteiger partial charge in [0.05, 0.1) is 24.8 Å². The number of nitrogens with zero attached hydrogens (tertiary/aromatic N) is 3. The van der Waals surface area contributed by atoms with Crippen LogP contribution in [0.1, 0.15) is 48.8 Å². The number of thiophene rings is 1. The average Bonchev–Trinajstić information content (AvgIpc) is 3.67. The van der Waals surface area contributed by atoms with Crippen LogP contribution in [0.2, 0.25) is 0 Å². The van der Waals surface area contributed by atoms with Crippen LogP contribution in [0.5, 0.6) is 11.5 Å². The monoisotopic (exact) mass is 597 g/mol. The highest BCUT2D eigenvalue weighted by Crippen LogP contribution is 2.37. The fraction of sp³-hybridized carbons (Fsp3) is 0.324. The van der Waals surface area contributed by atoms with Crippen molar-refractivity contribution in [2.75, 3.05) is 19.8 Å². The Hall–Kier alpha value is -3.64. The molecule has 1 fully saturated rings. The average molecular weight is 598 g/mol. The largest absolute Gasteiger partial charge is 0.490 e. The molecule has 2 aliphatic rings. The van der Waals surface area contributed by atoms with Crippen LogP contribution in [0.3, 0.4) is 0 Å². The van der Waals surface area contributed by atoms with Gasteiger partial charge in [-0.3, -0.25) is 0 Å². The minimum atomic E-state index is 0. The highest BCUT2D eigenvalue weighted by molar-refractivity contribution is 7.59. The number of rotatable bonds is 9. The molecule has 8 heteroatoms. The summed E-state index contributed by atoms with van der Waals surface area (Å²) < 4.78 is 19.2. The van der Waals surface area contributed by atoms with Gasteiger partial charge in [0.15, 0.2) is 0 Å². The second-order valence-electron chi connectivity index (χ2n) is 10.5. The topological polar surface area (TPSA) is 64.8 Å². The van der Waals surface area contributed by atoms with Gasteiger partial charge in [-0.05, 0) is 83.1 Å². The van der Waals surface area contributed by atoms with Gasteiger partial charge in [-0.2, -0.15) is 18.6 Å². The Morgan fingerprint density at radius 2 is 1.81 bits per heavy atom. The van der Waals surface area contributed by atoms with E-state index in [0.717, 1.165) is 60.8 Å². The normalized spacial score (nSPS) is 15.4. The summed E-state index contributed by atoms with van der Waals surface area (Å²) in [5.74, 6) is 8.18. The van der Waals surface area contributed by atoms with Crippen molar-refractivity contribution in [1.29, 1.82) is 0 Å². The summed E-state index contributed by atoms with van der Waals surface area (Å²) in [6.45, 7) is 6.65. The molecule has 6 rings (SSSR count). The lowest BCUT2D eigenvalue weighted by Crippen LogP contribution is -2.25. The van der Waals surface area contributed by atoms with E-state index in [1.165, 1.54) is 26.8 Å². The van der Waals surface area contributed by atoms with E-state index in [4.69, 9.17) is 14.2 Å². The van der Waals surface area contributed by atoms with Gasteiger partial charge < -0.3 is 14.2 Å². The summed E-state index contributed by atoms with van der Waals surface area (Å²) in [6.07, 6.45) is 2.87. The first-order chi connectivity index (χ1) is 20.2. The first-order valence-electron chi connectivity index (χ1n) is 14.1. The Morgan fingerprint density at radius 1 is 1.00 bits per heavy atom. The molecule has 0 amide bonds. The molecule has 0 saturated carbocycles. The molecule has 1 saturated heterocycles. The molecule has 0 N–H and O–H groups in total. The van der Waals surface area contributed by atoms with Crippen LogP contribution >= 0.6 is 24.8 Å². The van der Waals surface area contributed by atoms with Crippen LogP contribution in [0.25, 0.3) is 21.2 Å². The Bertz CT molecular complexity index is 1640. The Kier molecular flexibility index (Phi) is 9.96. The molecule has 4 aromatic rings. The second-order valence-corrected chi connectivity index (χ2v) is 11.4. The molecule has 0 radical (unpaired) electrons. The molecule has 1 atom stereocenters. The maximum atomic E-state index is 6.24. The van der Waals surface area contributed by atoms with Crippen molar-refractivity contribution in [1.82, 2.24) is 0 Å². The van der Waals surface area contributed by atoms with Crippen molar-refractivity contribution in [2.45, 2.75) is 51.7 Å². The van der Waals surface area contributed by atoms with E-state index in [1.807, 2.05) is 19.1 Å². The van der Waals surface area contributed by atoms with E-state index in [9.17, 15) is 0 Å². The number of fused-ring (bicyclic) bond motifs is 1. The van der Waals surface area contributed by atoms with E-state index < -0.39 is 0 Å². The number of ether oxygens (including phenoxy) is 3. The van der Waals surface area contributed by atoms with Crippen LogP contribution in [0.4, 0.5) is 0 Å². The number of benzene rings is 3. The minimum absolute atomic E-state index is 0. The fourth-order valence-electron chi connectivity index (χ4n) is 5.34. The van der Waals surface area contributed by atoms with Crippen molar-refractivity contribution in [3.05, 3.63) is 82.7 Å². The van der Waals surface area contributed by atoms with Gasteiger partial charge in [-0.25, -0.2) is 0 Å². The summed E-state index contributed by atoms with van der Waals surface area (Å²) in [7, 11) is 0. The molecule has 6 nitrogen and oxygen atoms in total. The van der Waals surface area contributed by atoms with Gasteiger partial charge in [0.1, 0.15) is 30.8 Å². The zero-order chi connectivity index (χ0) is 28.0. The smallest absolute Gasteiger partial charge is 0.120 e. The first kappa shape index (κ1) is 29.8. The number of hydrogen-bond acceptors (Lipinski definition) is 7. The Labute approximate surface area is 258 Å². The van der Waals surface area contributed by atoms with Gasteiger partial charge in [0.25, 0.3) is 0 Å². The van der Waals surface area contributed by atoms with E-state index in [1.54, 1.807) is 11.3 Å². The van der Waals surface area contributed by atoms with Gasteiger partial charge >= 0.3 is 0 Å². The van der Waals surface area contributed by atoms with Crippen LogP contribution in [-0.4, -0.2) is 31.6 Å². The van der Waals surface area contributed by atoms with Crippen molar-refractivity contribution in [2.24, 2.45) is 15.4 Å². The number of hydrogen-bond donors (Lipinski definition) is 0. The zero-order valence-corrected chi connectivity index (χ0v) is 25.7. The van der Waals surface area contributed by atoms with E-state index in [0.29, 0.717) is 13.2 Å². The highest BCUT2D eigenvalue weighted by atomic mass is 32.1. The van der Waals surface area contributed by atoms with E-state index in [2.05, 4.69) is 88.1 Å². The molecule has 3 heterocycles. The zero-order valence-electron chi connectivity index (χ0n) is 23.9. The standard InChI is InChI=1S/C34H33N3O3S.H2S/c1-3-4-26(19-27-20-35-37-36-27)25-6-8-28(9-7-25)39-21-24-5-12-34-32(18-24)33(22-41-34)31-11-10-30(17-23(31)2)40-29-13-15-38-16-14-29;/h5-12,17-18,22,26,29H,13-16,19-21H2,1-2H3;1H2/t26-;/m0./s1. The summed E-state index contributed by atoms with van der Waals surface area (Å²) in [4.78, 5) is 0. The highest BCUT2D eigenvalue weighted by Gasteiger charge is 2.17. The third-order valence-electron chi connectivity index (χ3n) is 7.55. The molecule has 42 heavy (non-hydrogen) atoms. The van der Waals surface area contributed by atoms with Crippen LogP contribution < -0.4 is 9.47 Å². The molecule has 0 spiro atoms. The van der Waals surface area contributed by atoms with Crippen LogP contribution in [0.15, 0.2) is 81.5 Å². The summed E-state index contributed by atoms with van der Waals surface area (Å²) in [6, 6.07) is 21.3. The van der Waals surface area contributed by atoms with Gasteiger partial charge in [-0.15, -0.1) is 22.4 Å². The summed E-state index contributed by atoms with van der Waals surface area (Å²) in [5.41, 5.74) is 6.95. The summed E-state index contributed by atoms with van der Waals surface area (Å²) in [5, 5.41) is 15.3. The molecule has 2 aliphatic heterocycles. The second kappa shape index (κ2) is 14.0. The third kappa shape index (κ3) is 7.04. The molecular formula is C34H35N3O3S2. The Morgan fingerprint density at radius 3 is 2.55 bits per heavy atom. The van der Waals surface area contributed by atoms with Gasteiger partial charge in [0.2, 0.25) is 0 Å². The van der Waals surface area contributed by atoms with Gasteiger partial charge in [0, 0.05) is 34.9 Å². The van der Waals surface area contributed by atoms with E-state index >= 15 is 0 Å². The fourth-order valence-corrected chi connectivity index (χ4v) is 6.28. The van der Waals surface area contributed by atoms with Crippen molar-refractivity contribution in [3.8, 4) is 34.5 Å². The van der Waals surface area contributed by atoms with E-state index in [-0.39, 0.29) is 25.5 Å². The summed E-state index contributed by atoms with van der Waals surface area (Å²) >= 11 is 1.78. The molecular weight excluding hydrogens is 563 g/mol. The maximum absolute atomic E-state index is 6.24. The SMILES string of the molecule is CC#C[C@@H](CC1=NN=NC1)c1ccc(OCc2ccc3scc(-c4ccc(OC5CCOCC5)cc4C)c3c2)cc1.S. The third-order valence-corrected chi connectivity index (χ3v) is 8.51. The molecule has 0 bridgehead atoms. The molecule has 0 unspecified atom stereocenters. The lowest BCUT2D eigenvalue weighted by Gasteiger charge is -2.23. The minimum Gasteiger partial charge on any atom is -0.490 e. The molecule has 216 valence electrons. The Balaban J connectivity index is 0.00000353. The quantitative estimate of drug-likeness (QED) is 0.182. The lowest BCUT2D eigenvalue weighted by molar-refractivity contribution is 0.0255. The molecule has 0 aliphatic carbocycles. The predicted molar refractivity (Wildman–Crippen MR) is 176 cm³/mol. The molecule has 1 aromatic heterocycles. The van der Waals surface area contributed by atoms with Gasteiger partial charge in [-0.1, -0.05) is 30.2 Å². The van der Waals surface area contributed by atoms with Crippen LogP contribution in [-0.2, 0) is 11.3 Å². The van der Waals surface area contributed by atoms with Crippen LogP contribution in [0, 0.1) is 18.8 Å². The van der Waals surface area contributed by atoms with Crippen molar-refractivity contribution in [3.63, 3.8) is 0 Å². The maximum Gasteiger partial charge on any atom is 0.120 e. The predicted octanol–water partition coefficient (Wildman–Crippen LogP) is 8.45. The first-order valence-corrected chi connectivity index (χ1v) is 15.0.